The number of fused-ring (bicyclic) bond motifs is 5. The monoisotopic (exact) mass is 390 g/mol. The zero-order valence-electron chi connectivity index (χ0n) is 16.3. The van der Waals surface area contributed by atoms with Crippen LogP contribution in [-0.2, 0) is 33.3 Å². The van der Waals surface area contributed by atoms with Crippen molar-refractivity contribution in [3.05, 3.63) is 11.8 Å². The summed E-state index contributed by atoms with van der Waals surface area (Å²) in [6.07, 6.45) is 5.72. The maximum absolute atomic E-state index is 13.1. The third kappa shape index (κ3) is 2.20. The quantitative estimate of drug-likeness (QED) is 0.501. The second-order valence-electron chi connectivity index (χ2n) is 8.77. The lowest BCUT2D eigenvalue weighted by atomic mass is 9.52. The highest BCUT2D eigenvalue weighted by Crippen LogP contribution is 2.59. The molecule has 0 radical (unpaired) electrons. The second kappa shape index (κ2) is 6.13. The number of ether oxygens (including phenoxy) is 4. The molecule has 28 heavy (non-hydrogen) atoms. The Labute approximate surface area is 163 Å². The van der Waals surface area contributed by atoms with Gasteiger partial charge in [0.15, 0.2) is 11.6 Å². The van der Waals surface area contributed by atoms with Crippen LogP contribution in [0, 0.1) is 23.2 Å². The normalized spacial score (nSPS) is 43.6. The maximum atomic E-state index is 13.1. The van der Waals surface area contributed by atoms with Crippen LogP contribution in [0.5, 0.6) is 0 Å². The molecule has 0 aromatic carbocycles. The molecule has 2 heterocycles. The minimum absolute atomic E-state index is 0.0704. The summed E-state index contributed by atoms with van der Waals surface area (Å²) < 4.78 is 23.7. The molecule has 0 aromatic rings. The summed E-state index contributed by atoms with van der Waals surface area (Å²) in [5.41, 5.74) is -1.50. The first-order chi connectivity index (χ1) is 13.4. The molecule has 6 atom stereocenters. The fourth-order valence-corrected chi connectivity index (χ4v) is 6.17. The summed E-state index contributed by atoms with van der Waals surface area (Å²) in [4.78, 5) is 39.1. The summed E-state index contributed by atoms with van der Waals surface area (Å²) in [5.74, 6) is -2.81. The van der Waals surface area contributed by atoms with Gasteiger partial charge in [0, 0.05) is 31.6 Å². The van der Waals surface area contributed by atoms with Crippen molar-refractivity contribution in [1.29, 1.82) is 0 Å². The SMILES string of the molecule is COC(=O)C12C(=O)CCC(=O)C1C1C(=CC2C)OC2OC3(CCCCC3)OC21. The van der Waals surface area contributed by atoms with Crippen molar-refractivity contribution in [2.45, 2.75) is 70.1 Å². The number of esters is 1. The van der Waals surface area contributed by atoms with Gasteiger partial charge in [0.25, 0.3) is 0 Å². The highest BCUT2D eigenvalue weighted by molar-refractivity contribution is 6.12. The van der Waals surface area contributed by atoms with Gasteiger partial charge in [-0.15, -0.1) is 0 Å². The molecule has 2 aliphatic heterocycles. The smallest absolute Gasteiger partial charge is 0.320 e. The van der Waals surface area contributed by atoms with E-state index in [1.165, 1.54) is 7.11 Å². The van der Waals surface area contributed by atoms with Gasteiger partial charge < -0.3 is 18.9 Å². The Morgan fingerprint density at radius 3 is 2.61 bits per heavy atom. The Morgan fingerprint density at radius 2 is 1.89 bits per heavy atom. The zero-order valence-corrected chi connectivity index (χ0v) is 16.3. The van der Waals surface area contributed by atoms with Crippen LogP contribution >= 0.6 is 0 Å². The van der Waals surface area contributed by atoms with E-state index in [1.807, 2.05) is 0 Å². The number of carbonyl (C=O) groups excluding carboxylic acids is 3. The molecular weight excluding hydrogens is 364 g/mol. The average Bonchev–Trinajstić information content (AvgIpc) is 3.17. The van der Waals surface area contributed by atoms with Crippen molar-refractivity contribution in [2.24, 2.45) is 23.2 Å². The predicted molar refractivity (Wildman–Crippen MR) is 94.6 cm³/mol. The van der Waals surface area contributed by atoms with Crippen LogP contribution in [0.15, 0.2) is 11.8 Å². The van der Waals surface area contributed by atoms with E-state index in [4.69, 9.17) is 18.9 Å². The minimum Gasteiger partial charge on any atom is -0.468 e. The molecule has 0 bridgehead atoms. The molecule has 7 heteroatoms. The number of Topliss-reactive ketones (excluding diaryl/α,β-unsaturated/α-hetero) is 2. The van der Waals surface area contributed by atoms with Crippen LogP contribution < -0.4 is 0 Å². The number of methoxy groups -OCH3 is 1. The molecule has 7 nitrogen and oxygen atoms in total. The van der Waals surface area contributed by atoms with Gasteiger partial charge in [-0.05, 0) is 18.9 Å². The predicted octanol–water partition coefficient (Wildman–Crippen LogP) is 2.28. The number of rotatable bonds is 1. The van der Waals surface area contributed by atoms with Gasteiger partial charge in [0.2, 0.25) is 6.29 Å². The van der Waals surface area contributed by atoms with Gasteiger partial charge in [-0.1, -0.05) is 13.3 Å². The van der Waals surface area contributed by atoms with Crippen molar-refractivity contribution in [2.75, 3.05) is 7.11 Å². The van der Waals surface area contributed by atoms with E-state index in [9.17, 15) is 14.4 Å². The number of ketones is 2. The van der Waals surface area contributed by atoms with Gasteiger partial charge in [-0.25, -0.2) is 0 Å². The van der Waals surface area contributed by atoms with Crippen LogP contribution in [0.1, 0.15) is 51.9 Å². The Balaban J connectivity index is 1.58. The first-order valence-electron chi connectivity index (χ1n) is 10.3. The molecule has 2 saturated carbocycles. The van der Waals surface area contributed by atoms with E-state index in [0.717, 1.165) is 32.1 Å². The molecule has 0 N–H and O–H groups in total. The molecule has 5 rings (SSSR count). The average molecular weight is 390 g/mol. The highest BCUT2D eigenvalue weighted by Gasteiger charge is 2.70. The van der Waals surface area contributed by atoms with Crippen molar-refractivity contribution in [3.8, 4) is 0 Å². The molecule has 5 aliphatic rings. The third-order valence-corrected chi connectivity index (χ3v) is 7.41. The van der Waals surface area contributed by atoms with E-state index >= 15 is 0 Å². The lowest BCUT2D eigenvalue weighted by Crippen LogP contribution is -2.61. The van der Waals surface area contributed by atoms with Crippen molar-refractivity contribution >= 4 is 17.5 Å². The van der Waals surface area contributed by atoms with Gasteiger partial charge >= 0.3 is 5.97 Å². The van der Waals surface area contributed by atoms with Crippen molar-refractivity contribution < 1.29 is 33.3 Å². The number of hydrogen-bond donors (Lipinski definition) is 0. The zero-order chi connectivity index (χ0) is 19.7. The van der Waals surface area contributed by atoms with Gasteiger partial charge in [-0.3, -0.25) is 14.4 Å². The molecular formula is C21H26O7. The lowest BCUT2D eigenvalue weighted by molar-refractivity contribution is -0.228. The Kier molecular flexibility index (Phi) is 4.01. The molecule has 0 aromatic heterocycles. The molecule has 3 aliphatic carbocycles. The van der Waals surface area contributed by atoms with Crippen LogP contribution in [0.3, 0.4) is 0 Å². The molecule has 2 saturated heterocycles. The Hall–Kier alpha value is -1.73. The van der Waals surface area contributed by atoms with E-state index < -0.39 is 47.3 Å². The second-order valence-corrected chi connectivity index (χ2v) is 8.77. The van der Waals surface area contributed by atoms with Crippen LogP contribution in [0.2, 0.25) is 0 Å². The Morgan fingerprint density at radius 1 is 1.14 bits per heavy atom. The number of allylic oxidation sites excluding steroid dienone is 1. The van der Waals surface area contributed by atoms with E-state index in [2.05, 4.69) is 0 Å². The fourth-order valence-electron chi connectivity index (χ4n) is 6.17. The van der Waals surface area contributed by atoms with Crippen molar-refractivity contribution in [1.82, 2.24) is 0 Å². The first-order valence-corrected chi connectivity index (χ1v) is 10.3. The van der Waals surface area contributed by atoms with Gasteiger partial charge in [0.05, 0.1) is 18.9 Å². The van der Waals surface area contributed by atoms with Crippen molar-refractivity contribution in [3.63, 3.8) is 0 Å². The molecule has 6 unspecified atom stereocenters. The first kappa shape index (κ1) is 18.3. The molecule has 4 fully saturated rings. The number of carbonyl (C=O) groups is 3. The molecule has 0 amide bonds. The van der Waals surface area contributed by atoms with E-state index in [0.29, 0.717) is 5.76 Å². The third-order valence-electron chi connectivity index (χ3n) is 7.41. The summed E-state index contributed by atoms with van der Waals surface area (Å²) in [6.45, 7) is 1.78. The Bertz CT molecular complexity index is 755. The fraction of sp³-hybridized carbons (Fsp3) is 0.762. The molecule has 152 valence electrons. The standard InChI is InChI=1S/C21H26O7/c1-11-10-13-15(16-12(22)6-7-14(23)21(11,16)19(24)25-2)17-18(26-13)28-20(27-17)8-4-3-5-9-20/h10-11,15-18H,3-9H2,1-2H3. The summed E-state index contributed by atoms with van der Waals surface area (Å²) >= 11 is 0. The van der Waals surface area contributed by atoms with Crippen LogP contribution in [0.4, 0.5) is 0 Å². The van der Waals surface area contributed by atoms with E-state index in [-0.39, 0.29) is 24.4 Å². The largest absolute Gasteiger partial charge is 0.468 e. The summed E-state index contributed by atoms with van der Waals surface area (Å²) in [6, 6.07) is 0. The van der Waals surface area contributed by atoms with E-state index in [1.54, 1.807) is 13.0 Å². The summed E-state index contributed by atoms with van der Waals surface area (Å²) in [5, 5.41) is 0. The van der Waals surface area contributed by atoms with Gasteiger partial charge in [0.1, 0.15) is 23.1 Å². The lowest BCUT2D eigenvalue weighted by Gasteiger charge is -2.48. The number of hydrogen-bond acceptors (Lipinski definition) is 7. The van der Waals surface area contributed by atoms with Gasteiger partial charge in [-0.2, -0.15) is 0 Å². The van der Waals surface area contributed by atoms with Crippen LogP contribution in [0.25, 0.3) is 0 Å². The minimum atomic E-state index is -1.50. The maximum Gasteiger partial charge on any atom is 0.320 e. The topological polar surface area (TPSA) is 88.1 Å². The summed E-state index contributed by atoms with van der Waals surface area (Å²) in [7, 11) is 1.27. The van der Waals surface area contributed by atoms with Crippen LogP contribution in [-0.4, -0.2) is 42.8 Å². The molecule has 1 spiro atoms. The highest BCUT2D eigenvalue weighted by atomic mass is 16.8.